The first-order valence-corrected chi connectivity index (χ1v) is 14.5. The van der Waals surface area contributed by atoms with Gasteiger partial charge in [-0.2, -0.15) is 0 Å². The Morgan fingerprint density at radius 2 is 1.51 bits per heavy atom. The molecule has 7 aromatic rings. The zero-order chi connectivity index (χ0) is 29.1. The summed E-state index contributed by atoms with van der Waals surface area (Å²) in [7, 11) is 0. The van der Waals surface area contributed by atoms with Crippen molar-refractivity contribution in [2.24, 2.45) is 0 Å². The summed E-state index contributed by atoms with van der Waals surface area (Å²) >= 11 is 0. The third-order valence-electron chi connectivity index (χ3n) is 8.62. The topological polar surface area (TPSA) is 42.2 Å². The summed E-state index contributed by atoms with van der Waals surface area (Å²) in [5, 5.41) is 2.13. The number of halogens is 1. The molecule has 3 aromatic heterocycles. The molecule has 1 aliphatic heterocycles. The molecule has 0 N–H and O–H groups in total. The molecule has 0 spiro atoms. The van der Waals surface area contributed by atoms with Crippen molar-refractivity contribution < 1.29 is 8.81 Å². The van der Waals surface area contributed by atoms with Crippen molar-refractivity contribution in [2.45, 2.75) is 25.4 Å². The third-order valence-corrected chi connectivity index (χ3v) is 8.62. The highest BCUT2D eigenvalue weighted by atomic mass is 19.1. The van der Waals surface area contributed by atoms with Crippen LogP contribution in [0, 0.1) is 0 Å². The van der Waals surface area contributed by atoms with Crippen LogP contribution in [0.4, 0.5) is 21.6 Å². The Hall–Kier alpha value is -5.29. The maximum atomic E-state index is 16.3. The number of nitrogens with zero attached hydrogens (tertiary/aromatic N) is 3. The number of rotatable bonds is 4. The van der Waals surface area contributed by atoms with Crippen molar-refractivity contribution in [1.82, 2.24) is 9.97 Å². The van der Waals surface area contributed by atoms with E-state index in [9.17, 15) is 0 Å². The minimum absolute atomic E-state index is 0.353. The van der Waals surface area contributed by atoms with E-state index in [1.54, 1.807) is 6.20 Å². The second-order valence-corrected chi connectivity index (χ2v) is 11.6. The Kier molecular flexibility index (Phi) is 5.70. The fraction of sp³-hybridized carbons (Fsp3) is 0.105. The lowest BCUT2D eigenvalue weighted by Crippen LogP contribution is -2.31. The van der Waals surface area contributed by atoms with Gasteiger partial charge in [0.25, 0.3) is 0 Å². The van der Waals surface area contributed by atoms with Crippen molar-refractivity contribution in [1.29, 1.82) is 0 Å². The van der Waals surface area contributed by atoms with Crippen LogP contribution in [-0.2, 0) is 5.41 Å². The highest BCUT2D eigenvalue weighted by Crippen LogP contribution is 2.54. The summed E-state index contributed by atoms with van der Waals surface area (Å²) in [6, 6.07) is 37.6. The van der Waals surface area contributed by atoms with Gasteiger partial charge in [-0.15, -0.1) is 0 Å². The molecule has 0 radical (unpaired) electrons. The van der Waals surface area contributed by atoms with E-state index in [1.807, 2.05) is 97.2 Å². The van der Waals surface area contributed by atoms with Gasteiger partial charge in [-0.3, -0.25) is 9.88 Å². The van der Waals surface area contributed by atoms with Crippen molar-refractivity contribution >= 4 is 39.1 Å². The molecule has 0 aliphatic carbocycles. The van der Waals surface area contributed by atoms with Gasteiger partial charge < -0.3 is 4.42 Å². The summed E-state index contributed by atoms with van der Waals surface area (Å²) in [6.07, 6.45) is 2.26. The van der Waals surface area contributed by atoms with Crippen molar-refractivity contribution in [3.05, 3.63) is 150 Å². The molecule has 0 saturated carbocycles. The zero-order valence-electron chi connectivity index (χ0n) is 23.8. The maximum absolute atomic E-state index is 16.3. The molecular weight excluding hydrogens is 533 g/mol. The summed E-state index contributed by atoms with van der Waals surface area (Å²) in [5.41, 5.74) is 8.27. The largest absolute Gasteiger partial charge is 0.454 e. The molecule has 0 amide bonds. The Bertz CT molecular complexity index is 2150. The predicted octanol–water partition coefficient (Wildman–Crippen LogP) is 10.2. The van der Waals surface area contributed by atoms with Crippen LogP contribution in [0.3, 0.4) is 0 Å². The van der Waals surface area contributed by atoms with Gasteiger partial charge in [0.2, 0.25) is 0 Å². The number of fused-ring (bicyclic) bond motifs is 6. The number of hydrogen-bond donors (Lipinski definition) is 0. The van der Waals surface area contributed by atoms with Gasteiger partial charge in [0, 0.05) is 39.2 Å². The maximum Gasteiger partial charge on any atom is 0.154 e. The highest BCUT2D eigenvalue weighted by molar-refractivity contribution is 6.10. The number of aromatic nitrogens is 2. The minimum atomic E-state index is -1.31. The molecule has 1 atom stereocenters. The summed E-state index contributed by atoms with van der Waals surface area (Å²) in [6.45, 7) is 4.49. The van der Waals surface area contributed by atoms with E-state index in [4.69, 9.17) is 9.40 Å². The molecular formula is C38H28FN3O. The molecule has 208 valence electrons. The first kappa shape index (κ1) is 25.4. The molecule has 4 aromatic carbocycles. The quantitative estimate of drug-likeness (QED) is 0.214. The van der Waals surface area contributed by atoms with Crippen LogP contribution in [0.5, 0.6) is 0 Å². The molecule has 8 rings (SSSR count). The predicted molar refractivity (Wildman–Crippen MR) is 171 cm³/mol. The van der Waals surface area contributed by atoms with Crippen LogP contribution in [0.15, 0.2) is 132 Å². The van der Waals surface area contributed by atoms with Crippen LogP contribution in [0.25, 0.3) is 33.2 Å². The smallest absolute Gasteiger partial charge is 0.154 e. The number of para-hydroxylation sites is 2. The van der Waals surface area contributed by atoms with Crippen molar-refractivity contribution in [3.63, 3.8) is 0 Å². The van der Waals surface area contributed by atoms with E-state index in [0.29, 0.717) is 11.1 Å². The summed E-state index contributed by atoms with van der Waals surface area (Å²) in [4.78, 5) is 11.6. The fourth-order valence-corrected chi connectivity index (χ4v) is 6.58. The molecule has 4 heterocycles. The third kappa shape index (κ3) is 3.96. The highest BCUT2D eigenvalue weighted by Gasteiger charge is 2.40. The Labute approximate surface area is 249 Å². The summed E-state index contributed by atoms with van der Waals surface area (Å²) in [5.74, 6) is 0.826. The first-order valence-electron chi connectivity index (χ1n) is 14.5. The number of furan rings is 1. The molecule has 0 bridgehead atoms. The molecule has 1 aliphatic rings. The average Bonchev–Trinajstić information content (AvgIpc) is 3.44. The van der Waals surface area contributed by atoms with Crippen LogP contribution < -0.4 is 4.90 Å². The number of benzene rings is 4. The second-order valence-electron chi connectivity index (χ2n) is 11.6. The van der Waals surface area contributed by atoms with Crippen LogP contribution in [-0.4, -0.2) is 9.97 Å². The van der Waals surface area contributed by atoms with Gasteiger partial charge in [0.15, 0.2) is 11.8 Å². The number of hydrogen-bond acceptors (Lipinski definition) is 4. The van der Waals surface area contributed by atoms with E-state index >= 15 is 4.39 Å². The SMILES string of the molecule is CC1(C)c2ccccc2N(c2cccc(C(F)c3cccc(-c4ccccn4)c3)c2)c2ncc3oc4ccccc4c3c21. The van der Waals surface area contributed by atoms with E-state index in [2.05, 4.69) is 48.0 Å². The monoisotopic (exact) mass is 561 g/mol. The van der Waals surface area contributed by atoms with Gasteiger partial charge in [-0.1, -0.05) is 86.6 Å². The van der Waals surface area contributed by atoms with E-state index in [1.165, 1.54) is 5.56 Å². The van der Waals surface area contributed by atoms with Crippen molar-refractivity contribution in [2.75, 3.05) is 4.90 Å². The summed E-state index contributed by atoms with van der Waals surface area (Å²) < 4.78 is 22.5. The van der Waals surface area contributed by atoms with E-state index in [0.717, 1.165) is 56.0 Å². The van der Waals surface area contributed by atoms with Gasteiger partial charge in [0.05, 0.1) is 17.6 Å². The molecule has 0 saturated heterocycles. The Morgan fingerprint density at radius 1 is 0.744 bits per heavy atom. The van der Waals surface area contributed by atoms with E-state index in [-0.39, 0.29) is 5.41 Å². The van der Waals surface area contributed by atoms with Gasteiger partial charge in [0.1, 0.15) is 11.4 Å². The van der Waals surface area contributed by atoms with Crippen molar-refractivity contribution in [3.8, 4) is 11.3 Å². The van der Waals surface area contributed by atoms with Gasteiger partial charge >= 0.3 is 0 Å². The minimum Gasteiger partial charge on any atom is -0.454 e. The lowest BCUT2D eigenvalue weighted by atomic mass is 9.73. The van der Waals surface area contributed by atoms with E-state index < -0.39 is 6.17 Å². The first-order chi connectivity index (χ1) is 21.0. The Balaban J connectivity index is 1.29. The standard InChI is InChI=1S/C38H28FN3O/c1-38(2)29-16-4-5-18-31(29)42(37-35(38)34-28-15-3-6-19-32(28)43-33(34)23-41-37)27-14-10-13-26(22-27)36(39)25-12-9-11-24(21-25)30-17-7-8-20-40-30/h3-23,36H,1-2H3. The van der Waals surface area contributed by atoms with Crippen LogP contribution >= 0.6 is 0 Å². The molecule has 0 fully saturated rings. The van der Waals surface area contributed by atoms with Gasteiger partial charge in [-0.05, 0) is 59.2 Å². The molecule has 5 heteroatoms. The van der Waals surface area contributed by atoms with Crippen LogP contribution in [0.2, 0.25) is 0 Å². The number of anilines is 3. The fourth-order valence-electron chi connectivity index (χ4n) is 6.58. The molecule has 1 unspecified atom stereocenters. The average molecular weight is 562 g/mol. The lowest BCUT2D eigenvalue weighted by Gasteiger charge is -2.41. The van der Waals surface area contributed by atoms with Crippen LogP contribution in [0.1, 0.15) is 42.3 Å². The number of alkyl halides is 1. The Morgan fingerprint density at radius 3 is 2.37 bits per heavy atom. The molecule has 4 nitrogen and oxygen atoms in total. The zero-order valence-corrected chi connectivity index (χ0v) is 23.8. The van der Waals surface area contributed by atoms with Gasteiger partial charge in [-0.25, -0.2) is 9.37 Å². The molecule has 43 heavy (non-hydrogen) atoms. The lowest BCUT2D eigenvalue weighted by molar-refractivity contribution is 0.402. The number of pyridine rings is 2. The normalized spacial score (nSPS) is 14.4. The second kappa shape index (κ2) is 9.63.